The second-order valence-electron chi connectivity index (χ2n) is 7.09. The Morgan fingerprint density at radius 3 is 2.00 bits per heavy atom. The van der Waals surface area contributed by atoms with Gasteiger partial charge < -0.3 is 4.74 Å². The number of ether oxygens (including phenoxy) is 1. The molecule has 1 heterocycles. The fourth-order valence-corrected chi connectivity index (χ4v) is 3.26. The molecule has 0 unspecified atom stereocenters. The zero-order chi connectivity index (χ0) is 21.5. The van der Waals surface area contributed by atoms with Gasteiger partial charge in [-0.1, -0.05) is 60.7 Å². The Hall–Kier alpha value is -3.99. The summed E-state index contributed by atoms with van der Waals surface area (Å²) in [6.45, 7) is 0. The maximum Gasteiger partial charge on any atom is 0.230 e. The van der Waals surface area contributed by atoms with E-state index >= 15 is 0 Å². The van der Waals surface area contributed by atoms with Crippen LogP contribution < -0.4 is 10.1 Å². The number of benzene rings is 3. The number of hydrogen-bond acceptors (Lipinski definition) is 4. The number of carbonyl (C=O) groups excluding carboxylic acids is 1. The first-order valence-electron chi connectivity index (χ1n) is 10.1. The normalized spacial score (nSPS) is 10.5. The van der Waals surface area contributed by atoms with Crippen LogP contribution in [0.2, 0.25) is 0 Å². The molecule has 1 aromatic heterocycles. The summed E-state index contributed by atoms with van der Waals surface area (Å²) in [5.74, 6) is 0.954. The van der Waals surface area contributed by atoms with E-state index in [1.807, 2.05) is 91.0 Å². The molecule has 0 aliphatic carbocycles. The molecule has 0 bridgehead atoms. The van der Waals surface area contributed by atoms with Crippen LogP contribution in [0.25, 0.3) is 22.5 Å². The van der Waals surface area contributed by atoms with Gasteiger partial charge in [-0.2, -0.15) is 0 Å². The van der Waals surface area contributed by atoms with Crippen LogP contribution in [-0.2, 0) is 11.2 Å². The van der Waals surface area contributed by atoms with E-state index in [-0.39, 0.29) is 5.91 Å². The zero-order valence-electron chi connectivity index (χ0n) is 17.3. The van der Waals surface area contributed by atoms with Gasteiger partial charge in [0, 0.05) is 17.5 Å². The molecule has 0 saturated heterocycles. The molecule has 0 saturated carbocycles. The number of hydrogen-bond donors (Lipinski definition) is 1. The Bertz CT molecular complexity index is 1140. The van der Waals surface area contributed by atoms with Crippen LogP contribution >= 0.6 is 0 Å². The molecule has 154 valence electrons. The highest BCUT2D eigenvalue weighted by Gasteiger charge is 2.11. The van der Waals surface area contributed by atoms with Gasteiger partial charge in [0.1, 0.15) is 5.75 Å². The van der Waals surface area contributed by atoms with Gasteiger partial charge in [-0.05, 0) is 42.3 Å². The summed E-state index contributed by atoms with van der Waals surface area (Å²) < 4.78 is 5.25. The van der Waals surface area contributed by atoms with Crippen LogP contribution in [-0.4, -0.2) is 23.0 Å². The number of amides is 1. The van der Waals surface area contributed by atoms with E-state index in [4.69, 9.17) is 4.74 Å². The van der Waals surface area contributed by atoms with Gasteiger partial charge in [-0.15, -0.1) is 0 Å². The molecular formula is C26H23N3O2. The van der Waals surface area contributed by atoms with Crippen molar-refractivity contribution in [2.75, 3.05) is 12.4 Å². The van der Waals surface area contributed by atoms with Crippen LogP contribution in [0.3, 0.4) is 0 Å². The summed E-state index contributed by atoms with van der Waals surface area (Å²) in [5, 5.41) is 2.87. The van der Waals surface area contributed by atoms with Gasteiger partial charge in [-0.3, -0.25) is 10.1 Å². The molecule has 0 fully saturated rings. The summed E-state index contributed by atoms with van der Waals surface area (Å²) >= 11 is 0. The number of nitrogens with one attached hydrogen (secondary N) is 1. The van der Waals surface area contributed by atoms with E-state index in [2.05, 4.69) is 15.3 Å². The highest BCUT2D eigenvalue weighted by Crippen LogP contribution is 2.26. The second kappa shape index (κ2) is 9.67. The topological polar surface area (TPSA) is 64.1 Å². The largest absolute Gasteiger partial charge is 0.497 e. The molecule has 0 aliphatic rings. The van der Waals surface area contributed by atoms with Gasteiger partial charge in [0.15, 0.2) is 0 Å². The average molecular weight is 409 g/mol. The van der Waals surface area contributed by atoms with Gasteiger partial charge in [0.25, 0.3) is 0 Å². The third-order valence-electron chi connectivity index (χ3n) is 4.92. The lowest BCUT2D eigenvalue weighted by molar-refractivity contribution is -0.116. The van der Waals surface area contributed by atoms with Crippen LogP contribution in [0.4, 0.5) is 5.95 Å². The zero-order valence-corrected chi connectivity index (χ0v) is 17.3. The molecule has 4 aromatic rings. The lowest BCUT2D eigenvalue weighted by Crippen LogP contribution is -2.15. The number of rotatable bonds is 7. The third kappa shape index (κ3) is 5.34. The van der Waals surface area contributed by atoms with Gasteiger partial charge in [0.2, 0.25) is 11.9 Å². The van der Waals surface area contributed by atoms with E-state index in [0.717, 1.165) is 33.8 Å². The number of aryl methyl sites for hydroxylation is 1. The van der Waals surface area contributed by atoms with Crippen molar-refractivity contribution in [3.63, 3.8) is 0 Å². The molecule has 0 atom stereocenters. The molecule has 5 heteroatoms. The van der Waals surface area contributed by atoms with E-state index in [0.29, 0.717) is 18.8 Å². The fourth-order valence-electron chi connectivity index (χ4n) is 3.26. The van der Waals surface area contributed by atoms with E-state index in [9.17, 15) is 4.79 Å². The van der Waals surface area contributed by atoms with E-state index < -0.39 is 0 Å². The Labute approximate surface area is 181 Å². The third-order valence-corrected chi connectivity index (χ3v) is 4.92. The van der Waals surface area contributed by atoms with Gasteiger partial charge in [0.05, 0.1) is 18.5 Å². The molecule has 4 rings (SSSR count). The summed E-state index contributed by atoms with van der Waals surface area (Å²) in [5.41, 5.74) is 4.48. The molecule has 1 N–H and O–H groups in total. The van der Waals surface area contributed by atoms with Crippen LogP contribution in [0, 0.1) is 0 Å². The molecule has 0 aliphatic heterocycles. The Morgan fingerprint density at radius 2 is 1.39 bits per heavy atom. The molecule has 1 amide bonds. The van der Waals surface area contributed by atoms with Gasteiger partial charge in [-0.25, -0.2) is 9.97 Å². The van der Waals surface area contributed by atoms with Crippen molar-refractivity contribution >= 4 is 11.9 Å². The van der Waals surface area contributed by atoms with Crippen molar-refractivity contribution in [2.45, 2.75) is 12.8 Å². The Kier molecular flexibility index (Phi) is 6.33. The number of aromatic nitrogens is 2. The van der Waals surface area contributed by atoms with E-state index in [1.165, 1.54) is 0 Å². The number of anilines is 1. The smallest absolute Gasteiger partial charge is 0.230 e. The maximum atomic E-state index is 12.6. The highest BCUT2D eigenvalue weighted by molar-refractivity contribution is 5.89. The number of methoxy groups -OCH3 is 1. The summed E-state index contributed by atoms with van der Waals surface area (Å²) in [6.07, 6.45) is 1.02. The first-order valence-corrected chi connectivity index (χ1v) is 10.1. The van der Waals surface area contributed by atoms with Crippen molar-refractivity contribution in [3.05, 3.63) is 96.6 Å². The van der Waals surface area contributed by atoms with Crippen LogP contribution in [0.15, 0.2) is 91.0 Å². The SMILES string of the molecule is COc1ccc(-c2cc(-c3ccccc3)nc(NC(=O)CCc3ccccc3)n2)cc1. The number of nitrogens with zero attached hydrogens (tertiary/aromatic N) is 2. The first-order chi connectivity index (χ1) is 15.2. The van der Waals surface area contributed by atoms with Crippen molar-refractivity contribution in [1.82, 2.24) is 9.97 Å². The Balaban J connectivity index is 1.60. The highest BCUT2D eigenvalue weighted by atomic mass is 16.5. The first kappa shape index (κ1) is 20.3. The second-order valence-corrected chi connectivity index (χ2v) is 7.09. The summed E-state index contributed by atoms with van der Waals surface area (Å²) in [7, 11) is 1.64. The maximum absolute atomic E-state index is 12.6. The minimum atomic E-state index is -0.116. The van der Waals surface area contributed by atoms with E-state index in [1.54, 1.807) is 7.11 Å². The Morgan fingerprint density at radius 1 is 0.806 bits per heavy atom. The van der Waals surface area contributed by atoms with Crippen molar-refractivity contribution in [1.29, 1.82) is 0 Å². The summed E-state index contributed by atoms with van der Waals surface area (Å²) in [6, 6.07) is 29.4. The fraction of sp³-hybridized carbons (Fsp3) is 0.115. The van der Waals surface area contributed by atoms with Crippen LogP contribution in [0.5, 0.6) is 5.75 Å². The molecule has 3 aromatic carbocycles. The monoisotopic (exact) mass is 409 g/mol. The van der Waals surface area contributed by atoms with Gasteiger partial charge >= 0.3 is 0 Å². The predicted octanol–water partition coefficient (Wildman–Crippen LogP) is 5.39. The quantitative estimate of drug-likeness (QED) is 0.444. The van der Waals surface area contributed by atoms with Crippen LogP contribution in [0.1, 0.15) is 12.0 Å². The van der Waals surface area contributed by atoms with Crippen molar-refractivity contribution in [3.8, 4) is 28.3 Å². The van der Waals surface area contributed by atoms with Crippen molar-refractivity contribution < 1.29 is 9.53 Å². The average Bonchev–Trinajstić information content (AvgIpc) is 2.84. The minimum Gasteiger partial charge on any atom is -0.497 e. The van der Waals surface area contributed by atoms with Crippen molar-refractivity contribution in [2.24, 2.45) is 0 Å². The molecule has 0 radical (unpaired) electrons. The standard InChI is InChI=1S/C26H23N3O2/c1-31-22-15-13-21(14-16-22)24-18-23(20-10-6-3-7-11-20)27-26(28-24)29-25(30)17-12-19-8-4-2-5-9-19/h2-11,13-16,18H,12,17H2,1H3,(H,27,28,29,30). The lowest BCUT2D eigenvalue weighted by atomic mass is 10.1. The molecular weight excluding hydrogens is 386 g/mol. The molecule has 5 nitrogen and oxygen atoms in total. The minimum absolute atomic E-state index is 0.116. The lowest BCUT2D eigenvalue weighted by Gasteiger charge is -2.10. The molecule has 0 spiro atoms. The number of carbonyl (C=O) groups is 1. The molecule has 31 heavy (non-hydrogen) atoms. The summed E-state index contributed by atoms with van der Waals surface area (Å²) in [4.78, 5) is 21.7. The predicted molar refractivity (Wildman–Crippen MR) is 123 cm³/mol.